The van der Waals surface area contributed by atoms with Gasteiger partial charge in [-0.05, 0) is 82.9 Å². The average Bonchev–Trinajstić information content (AvgIpc) is 2.83. The minimum absolute atomic E-state index is 0.0414. The van der Waals surface area contributed by atoms with Crippen molar-refractivity contribution in [2.24, 2.45) is 0 Å². The highest BCUT2D eigenvalue weighted by molar-refractivity contribution is 5.95. The van der Waals surface area contributed by atoms with Crippen molar-refractivity contribution in [1.29, 1.82) is 0 Å². The van der Waals surface area contributed by atoms with E-state index in [1.54, 1.807) is 4.90 Å². The first-order chi connectivity index (χ1) is 16.6. The summed E-state index contributed by atoms with van der Waals surface area (Å²) in [4.78, 5) is 29.2. The van der Waals surface area contributed by atoms with Crippen molar-refractivity contribution in [2.75, 3.05) is 26.2 Å². The van der Waals surface area contributed by atoms with Crippen molar-refractivity contribution < 1.29 is 19.1 Å². The highest BCUT2D eigenvalue weighted by Crippen LogP contribution is 2.42. The molecule has 1 spiro atoms. The van der Waals surface area contributed by atoms with Crippen molar-refractivity contribution in [2.45, 2.75) is 58.7 Å². The van der Waals surface area contributed by atoms with Crippen LogP contribution in [0.4, 0.5) is 4.79 Å². The monoisotopic (exact) mass is 476 g/mol. The molecule has 2 heterocycles. The van der Waals surface area contributed by atoms with E-state index in [2.05, 4.69) is 12.1 Å². The number of rotatable bonds is 4. The molecule has 0 saturated carbocycles. The van der Waals surface area contributed by atoms with Crippen molar-refractivity contribution in [3.63, 3.8) is 0 Å². The van der Waals surface area contributed by atoms with Crippen molar-refractivity contribution in [1.82, 2.24) is 9.80 Å². The summed E-state index contributed by atoms with van der Waals surface area (Å²) in [6.45, 7) is 12.1. The van der Waals surface area contributed by atoms with E-state index < -0.39 is 11.2 Å². The van der Waals surface area contributed by atoms with Crippen LogP contribution in [0.5, 0.6) is 5.75 Å². The maximum Gasteiger partial charge on any atom is 0.410 e. The zero-order valence-electron chi connectivity index (χ0n) is 21.5. The molecule has 1 fully saturated rings. The molecule has 2 aromatic rings. The van der Waals surface area contributed by atoms with E-state index in [4.69, 9.17) is 9.47 Å². The van der Waals surface area contributed by atoms with Crippen molar-refractivity contribution >= 4 is 17.6 Å². The van der Waals surface area contributed by atoms with E-state index in [0.717, 1.165) is 35.3 Å². The SMILES string of the molecule is CCN(CC)C(=O)c1ccc(C2=CC3(CCCN(C(=O)OC(C)(C)C)C3)Oc3ccccc32)cc1. The predicted octanol–water partition coefficient (Wildman–Crippen LogP) is 5.76. The van der Waals surface area contributed by atoms with Gasteiger partial charge in [0.1, 0.15) is 17.0 Å². The first-order valence-electron chi connectivity index (χ1n) is 12.5. The Morgan fingerprint density at radius 2 is 1.74 bits per heavy atom. The molecule has 6 nitrogen and oxygen atoms in total. The molecule has 0 radical (unpaired) electrons. The summed E-state index contributed by atoms with van der Waals surface area (Å²) < 4.78 is 12.2. The Balaban J connectivity index is 1.67. The third-order valence-corrected chi connectivity index (χ3v) is 6.53. The number of carbonyl (C=O) groups excluding carboxylic acids is 2. The van der Waals surface area contributed by atoms with Crippen LogP contribution in [0.15, 0.2) is 54.6 Å². The summed E-state index contributed by atoms with van der Waals surface area (Å²) in [6, 6.07) is 15.8. The fourth-order valence-electron chi connectivity index (χ4n) is 4.83. The Labute approximate surface area is 208 Å². The molecule has 0 bridgehead atoms. The maximum absolute atomic E-state index is 12.8. The van der Waals surface area contributed by atoms with Gasteiger partial charge in [0, 0.05) is 30.8 Å². The van der Waals surface area contributed by atoms with E-state index in [0.29, 0.717) is 31.7 Å². The molecule has 0 aromatic heterocycles. The quantitative estimate of drug-likeness (QED) is 0.563. The number of likely N-dealkylation sites (tertiary alicyclic amines) is 1. The molecular weight excluding hydrogens is 440 g/mol. The molecule has 1 unspecified atom stereocenters. The van der Waals surface area contributed by atoms with Gasteiger partial charge in [-0.15, -0.1) is 0 Å². The van der Waals surface area contributed by atoms with Gasteiger partial charge in [-0.2, -0.15) is 0 Å². The van der Waals surface area contributed by atoms with Gasteiger partial charge < -0.3 is 19.3 Å². The second kappa shape index (κ2) is 9.76. The number of ether oxygens (including phenoxy) is 2. The smallest absolute Gasteiger partial charge is 0.410 e. The summed E-state index contributed by atoms with van der Waals surface area (Å²) in [6.07, 6.45) is 3.48. The number of fused-ring (bicyclic) bond motifs is 1. The Kier molecular flexibility index (Phi) is 6.93. The summed E-state index contributed by atoms with van der Waals surface area (Å²) in [5.74, 6) is 0.846. The molecule has 2 aliphatic heterocycles. The summed E-state index contributed by atoms with van der Waals surface area (Å²) in [5.41, 5.74) is 2.59. The number of hydrogen-bond acceptors (Lipinski definition) is 4. The number of hydrogen-bond donors (Lipinski definition) is 0. The Hall–Kier alpha value is -3.28. The van der Waals surface area contributed by atoms with E-state index in [-0.39, 0.29) is 12.0 Å². The zero-order valence-corrected chi connectivity index (χ0v) is 21.5. The molecule has 186 valence electrons. The summed E-state index contributed by atoms with van der Waals surface area (Å²) in [7, 11) is 0. The zero-order chi connectivity index (χ0) is 25.2. The minimum atomic E-state index is -0.630. The fraction of sp³-hybridized carbons (Fsp3) is 0.448. The lowest BCUT2D eigenvalue weighted by Gasteiger charge is -2.44. The van der Waals surface area contributed by atoms with Gasteiger partial charge in [0.2, 0.25) is 0 Å². The average molecular weight is 477 g/mol. The first kappa shape index (κ1) is 24.8. The Morgan fingerprint density at radius 1 is 1.06 bits per heavy atom. The second-order valence-electron chi connectivity index (χ2n) is 10.3. The first-order valence-corrected chi connectivity index (χ1v) is 12.5. The molecule has 0 N–H and O–H groups in total. The lowest BCUT2D eigenvalue weighted by Crippen LogP contribution is -2.54. The molecule has 4 rings (SSSR count). The van der Waals surface area contributed by atoms with Crippen LogP contribution in [0.1, 0.15) is 68.9 Å². The van der Waals surface area contributed by atoms with Crippen LogP contribution in [0.25, 0.3) is 5.57 Å². The summed E-state index contributed by atoms with van der Waals surface area (Å²) in [5, 5.41) is 0. The van der Waals surface area contributed by atoms with Gasteiger partial charge in [-0.3, -0.25) is 4.79 Å². The Morgan fingerprint density at radius 3 is 2.40 bits per heavy atom. The highest BCUT2D eigenvalue weighted by atomic mass is 16.6. The van der Waals surface area contributed by atoms with Gasteiger partial charge in [0.25, 0.3) is 5.91 Å². The lowest BCUT2D eigenvalue weighted by atomic mass is 9.83. The highest BCUT2D eigenvalue weighted by Gasteiger charge is 2.42. The number of benzene rings is 2. The van der Waals surface area contributed by atoms with Crippen molar-refractivity contribution in [3.05, 3.63) is 71.3 Å². The Bertz CT molecular complexity index is 1110. The predicted molar refractivity (Wildman–Crippen MR) is 138 cm³/mol. The maximum atomic E-state index is 12.8. The number of amides is 2. The minimum Gasteiger partial charge on any atom is -0.481 e. The third-order valence-electron chi connectivity index (χ3n) is 6.53. The normalized spacial score (nSPS) is 19.5. The molecule has 6 heteroatoms. The molecule has 1 saturated heterocycles. The van der Waals surface area contributed by atoms with Crippen LogP contribution >= 0.6 is 0 Å². The largest absolute Gasteiger partial charge is 0.481 e. The van der Waals surface area contributed by atoms with Gasteiger partial charge in [-0.25, -0.2) is 4.79 Å². The summed E-state index contributed by atoms with van der Waals surface area (Å²) >= 11 is 0. The van der Waals surface area contributed by atoms with E-state index >= 15 is 0 Å². The van der Waals surface area contributed by atoms with Crippen LogP contribution in [0.3, 0.4) is 0 Å². The number of piperidine rings is 1. The van der Waals surface area contributed by atoms with Gasteiger partial charge in [-0.1, -0.05) is 30.3 Å². The van der Waals surface area contributed by atoms with Crippen molar-refractivity contribution in [3.8, 4) is 5.75 Å². The molecular formula is C29H36N2O4. The van der Waals surface area contributed by atoms with Crippen LogP contribution < -0.4 is 4.74 Å². The molecule has 2 amide bonds. The number of nitrogens with zero attached hydrogens (tertiary/aromatic N) is 2. The lowest BCUT2D eigenvalue weighted by molar-refractivity contribution is -0.0104. The van der Waals surface area contributed by atoms with E-state index in [9.17, 15) is 9.59 Å². The molecule has 35 heavy (non-hydrogen) atoms. The van der Waals surface area contributed by atoms with Gasteiger partial charge in [0.05, 0.1) is 6.54 Å². The van der Waals surface area contributed by atoms with Gasteiger partial charge in [0.15, 0.2) is 0 Å². The number of carbonyl (C=O) groups is 2. The van der Waals surface area contributed by atoms with Crippen LogP contribution in [0, 0.1) is 0 Å². The van der Waals surface area contributed by atoms with Crippen LogP contribution in [-0.2, 0) is 4.74 Å². The van der Waals surface area contributed by atoms with Gasteiger partial charge >= 0.3 is 6.09 Å². The number of para-hydroxylation sites is 1. The molecule has 2 aromatic carbocycles. The molecule has 2 aliphatic rings. The second-order valence-corrected chi connectivity index (χ2v) is 10.3. The fourth-order valence-corrected chi connectivity index (χ4v) is 4.83. The molecule has 0 aliphatic carbocycles. The third kappa shape index (κ3) is 5.37. The molecule has 1 atom stereocenters. The van der Waals surface area contributed by atoms with Crippen LogP contribution in [0.2, 0.25) is 0 Å². The van der Waals surface area contributed by atoms with E-state index in [1.807, 2.05) is 82.0 Å². The topological polar surface area (TPSA) is 59.1 Å². The standard InChI is InChI=1S/C29H36N2O4/c1-6-30(7-2)26(32)22-15-13-21(14-16-22)24-19-29(34-25-12-9-8-11-23(24)25)17-10-18-31(20-29)27(33)35-28(3,4)5/h8-9,11-16,19H,6-7,10,17-18,20H2,1-5H3. The van der Waals surface area contributed by atoms with Crippen LogP contribution in [-0.4, -0.2) is 59.2 Å². The van der Waals surface area contributed by atoms with E-state index in [1.165, 1.54) is 0 Å².